The minimum absolute atomic E-state index is 0.0955. The van der Waals surface area contributed by atoms with Gasteiger partial charge in [-0.1, -0.05) is 0 Å². The predicted octanol–water partition coefficient (Wildman–Crippen LogP) is -0.240. The maximum absolute atomic E-state index is 10.6. The van der Waals surface area contributed by atoms with Gasteiger partial charge in [0.05, 0.1) is 6.10 Å². The predicted molar refractivity (Wildman–Crippen MR) is 43.2 cm³/mol. The summed E-state index contributed by atoms with van der Waals surface area (Å²) in [6, 6.07) is 0. The molecule has 74 valence electrons. The van der Waals surface area contributed by atoms with Crippen LogP contribution in [0.5, 0.6) is 0 Å². The summed E-state index contributed by atoms with van der Waals surface area (Å²) >= 11 is 0. The molecule has 5 nitrogen and oxygen atoms in total. The minimum Gasteiger partial charge on any atom is -0.475 e. The molecule has 0 radical (unpaired) electrons. The first-order chi connectivity index (χ1) is 5.93. The summed E-state index contributed by atoms with van der Waals surface area (Å²) in [7, 11) is 0. The number of aliphatic hydroxyl groups is 1. The van der Waals surface area contributed by atoms with Gasteiger partial charge in [0, 0.05) is 12.8 Å². The van der Waals surface area contributed by atoms with Crippen LogP contribution in [0.25, 0.3) is 0 Å². The molecule has 0 spiro atoms. The summed E-state index contributed by atoms with van der Waals surface area (Å²) in [5, 5.41) is 17.3. The van der Waals surface area contributed by atoms with Crippen molar-refractivity contribution in [3.63, 3.8) is 0 Å². The molecule has 0 saturated heterocycles. The number of carbonyl (C=O) groups excluding carboxylic acids is 2. The largest absolute Gasteiger partial charge is 0.475 e. The van der Waals surface area contributed by atoms with Crippen molar-refractivity contribution in [2.75, 3.05) is 0 Å². The normalized spacial score (nSPS) is 12.2. The van der Waals surface area contributed by atoms with E-state index in [2.05, 4.69) is 0 Å². The van der Waals surface area contributed by atoms with Gasteiger partial charge in [-0.2, -0.15) is 0 Å². The second kappa shape index (κ2) is 5.42. The lowest BCUT2D eigenvalue weighted by Crippen LogP contribution is -2.20. The van der Waals surface area contributed by atoms with Crippen LogP contribution in [-0.2, 0) is 14.4 Å². The third-order valence-corrected chi connectivity index (χ3v) is 1.49. The molecule has 0 aliphatic carbocycles. The molecule has 0 bridgehead atoms. The Hall–Kier alpha value is -1.23. The fraction of sp³-hybridized carbons (Fsp3) is 0.625. The Labute approximate surface area is 75.4 Å². The van der Waals surface area contributed by atoms with Crippen molar-refractivity contribution in [3.8, 4) is 0 Å². The highest BCUT2D eigenvalue weighted by Crippen LogP contribution is 2.02. The first-order valence-electron chi connectivity index (χ1n) is 3.87. The Morgan fingerprint density at radius 1 is 1.31 bits per heavy atom. The number of aliphatic carboxylic acids is 1. The maximum atomic E-state index is 10.6. The van der Waals surface area contributed by atoms with Crippen molar-refractivity contribution in [1.29, 1.82) is 0 Å². The van der Waals surface area contributed by atoms with Crippen LogP contribution in [0.15, 0.2) is 0 Å². The standard InChI is InChI=1S/C8H12O5/c1-5(9)2-3-6(10)4-7(11)8(12)13/h6,10H,2-4H2,1H3,(H,12,13). The van der Waals surface area contributed by atoms with Crippen molar-refractivity contribution in [2.45, 2.75) is 32.3 Å². The van der Waals surface area contributed by atoms with Gasteiger partial charge >= 0.3 is 5.97 Å². The first-order valence-corrected chi connectivity index (χ1v) is 3.87. The van der Waals surface area contributed by atoms with Gasteiger partial charge in [-0.05, 0) is 13.3 Å². The van der Waals surface area contributed by atoms with Crippen LogP contribution in [0.4, 0.5) is 0 Å². The van der Waals surface area contributed by atoms with Gasteiger partial charge in [0.15, 0.2) is 0 Å². The van der Waals surface area contributed by atoms with E-state index in [0.29, 0.717) is 0 Å². The summed E-state index contributed by atoms with van der Waals surface area (Å²) in [5.74, 6) is -2.68. The number of Topliss-reactive ketones (excluding diaryl/α,β-unsaturated/α-hetero) is 2. The third kappa shape index (κ3) is 5.98. The molecule has 0 aromatic rings. The minimum atomic E-state index is -1.55. The second-order valence-corrected chi connectivity index (χ2v) is 2.83. The van der Waals surface area contributed by atoms with E-state index in [0.717, 1.165) is 0 Å². The number of aliphatic hydroxyl groups excluding tert-OH is 1. The van der Waals surface area contributed by atoms with E-state index in [9.17, 15) is 14.4 Å². The molecule has 0 aromatic carbocycles. The molecule has 1 unspecified atom stereocenters. The molecule has 0 heterocycles. The lowest BCUT2D eigenvalue weighted by Gasteiger charge is -2.05. The van der Waals surface area contributed by atoms with Crippen LogP contribution in [0.2, 0.25) is 0 Å². The molecular weight excluding hydrogens is 176 g/mol. The molecule has 0 fully saturated rings. The van der Waals surface area contributed by atoms with Crippen LogP contribution in [0.1, 0.15) is 26.2 Å². The van der Waals surface area contributed by atoms with Crippen molar-refractivity contribution < 1.29 is 24.6 Å². The number of carboxylic acid groups (broad SMARTS) is 1. The smallest absolute Gasteiger partial charge is 0.372 e. The fourth-order valence-corrected chi connectivity index (χ4v) is 0.773. The van der Waals surface area contributed by atoms with Crippen LogP contribution in [-0.4, -0.2) is 33.9 Å². The fourth-order valence-electron chi connectivity index (χ4n) is 0.773. The average Bonchev–Trinajstić information content (AvgIpc) is 2.00. The molecular formula is C8H12O5. The van der Waals surface area contributed by atoms with E-state index in [1.165, 1.54) is 6.92 Å². The maximum Gasteiger partial charge on any atom is 0.372 e. The van der Waals surface area contributed by atoms with E-state index >= 15 is 0 Å². The lowest BCUT2D eigenvalue weighted by molar-refractivity contribution is -0.150. The van der Waals surface area contributed by atoms with Gasteiger partial charge < -0.3 is 15.0 Å². The zero-order valence-corrected chi connectivity index (χ0v) is 7.32. The van der Waals surface area contributed by atoms with E-state index in [-0.39, 0.29) is 18.6 Å². The molecule has 0 aromatic heterocycles. The summed E-state index contributed by atoms with van der Waals surface area (Å²) in [4.78, 5) is 31.1. The van der Waals surface area contributed by atoms with Crippen LogP contribution in [0, 0.1) is 0 Å². The molecule has 13 heavy (non-hydrogen) atoms. The second-order valence-electron chi connectivity index (χ2n) is 2.83. The summed E-state index contributed by atoms with van der Waals surface area (Å²) < 4.78 is 0. The highest BCUT2D eigenvalue weighted by atomic mass is 16.4. The van der Waals surface area contributed by atoms with Crippen molar-refractivity contribution in [2.24, 2.45) is 0 Å². The van der Waals surface area contributed by atoms with Gasteiger partial charge in [0.25, 0.3) is 0 Å². The monoisotopic (exact) mass is 188 g/mol. The Bertz CT molecular complexity index is 221. The van der Waals surface area contributed by atoms with Gasteiger partial charge in [0.2, 0.25) is 5.78 Å². The number of rotatable bonds is 6. The first kappa shape index (κ1) is 11.8. The average molecular weight is 188 g/mol. The molecule has 1 atom stereocenters. The van der Waals surface area contributed by atoms with Gasteiger partial charge in [0.1, 0.15) is 5.78 Å². The summed E-state index contributed by atoms with van der Waals surface area (Å²) in [5.41, 5.74) is 0. The molecule has 0 saturated carbocycles. The zero-order chi connectivity index (χ0) is 10.4. The van der Waals surface area contributed by atoms with Crippen molar-refractivity contribution in [3.05, 3.63) is 0 Å². The summed E-state index contributed by atoms with van der Waals surface area (Å²) in [6.45, 7) is 1.37. The van der Waals surface area contributed by atoms with Crippen molar-refractivity contribution >= 4 is 17.5 Å². The van der Waals surface area contributed by atoms with Gasteiger partial charge in [-0.3, -0.25) is 4.79 Å². The molecule has 0 rings (SSSR count). The van der Waals surface area contributed by atoms with E-state index in [1.54, 1.807) is 0 Å². The molecule has 2 N–H and O–H groups in total. The number of hydrogen-bond donors (Lipinski definition) is 2. The van der Waals surface area contributed by atoms with E-state index in [4.69, 9.17) is 10.2 Å². The number of carboxylic acids is 1. The lowest BCUT2D eigenvalue weighted by atomic mass is 10.1. The quantitative estimate of drug-likeness (QED) is 0.561. The summed E-state index contributed by atoms with van der Waals surface area (Å²) in [6.07, 6.45) is -1.17. The van der Waals surface area contributed by atoms with Crippen molar-refractivity contribution in [1.82, 2.24) is 0 Å². The van der Waals surface area contributed by atoms with Gasteiger partial charge in [-0.15, -0.1) is 0 Å². The molecule has 0 amide bonds. The molecule has 0 aliphatic heterocycles. The Morgan fingerprint density at radius 3 is 2.23 bits per heavy atom. The SMILES string of the molecule is CC(=O)CCC(O)CC(=O)C(=O)O. The Kier molecular flexibility index (Phi) is 4.91. The zero-order valence-electron chi connectivity index (χ0n) is 7.32. The van der Waals surface area contributed by atoms with E-state index in [1.807, 2.05) is 0 Å². The Morgan fingerprint density at radius 2 is 1.85 bits per heavy atom. The van der Waals surface area contributed by atoms with Crippen LogP contribution in [0.3, 0.4) is 0 Å². The topological polar surface area (TPSA) is 91.7 Å². The van der Waals surface area contributed by atoms with Crippen LogP contribution >= 0.6 is 0 Å². The highest BCUT2D eigenvalue weighted by molar-refractivity contribution is 6.32. The van der Waals surface area contributed by atoms with Gasteiger partial charge in [-0.25, -0.2) is 4.79 Å². The number of ketones is 2. The number of hydrogen-bond acceptors (Lipinski definition) is 4. The molecule has 0 aliphatic rings. The highest BCUT2D eigenvalue weighted by Gasteiger charge is 2.16. The van der Waals surface area contributed by atoms with E-state index < -0.39 is 24.3 Å². The van der Waals surface area contributed by atoms with Crippen LogP contribution < -0.4 is 0 Å². The number of carbonyl (C=O) groups is 3. The molecule has 5 heteroatoms. The third-order valence-electron chi connectivity index (χ3n) is 1.49. The Balaban J connectivity index is 3.74.